The smallest absolute Gasteiger partial charge is 0.0546 e. The highest BCUT2D eigenvalue weighted by Gasteiger charge is 2.22. The summed E-state index contributed by atoms with van der Waals surface area (Å²) in [5.41, 5.74) is 5.85. The number of benzene rings is 9. The summed E-state index contributed by atoms with van der Waals surface area (Å²) in [6.45, 7) is 0. The van der Waals surface area contributed by atoms with E-state index in [0.717, 1.165) is 11.4 Å². The molecule has 0 atom stereocenters. The van der Waals surface area contributed by atoms with Crippen LogP contribution in [0.25, 0.3) is 74.4 Å². The molecular weight excluding hydrogens is 599 g/mol. The van der Waals surface area contributed by atoms with Crippen molar-refractivity contribution in [3.05, 3.63) is 176 Å². The summed E-state index contributed by atoms with van der Waals surface area (Å²) in [7, 11) is 0. The lowest BCUT2D eigenvalue weighted by Gasteiger charge is -2.30. The normalized spacial score (nSPS) is 11.8. The Hall–Kier alpha value is -5.96. The Labute approximate surface area is 282 Å². The van der Waals surface area contributed by atoms with Crippen LogP contribution in [-0.2, 0) is 0 Å². The summed E-state index contributed by atoms with van der Waals surface area (Å²) in [6.07, 6.45) is 0. The van der Waals surface area contributed by atoms with Gasteiger partial charge in [0, 0.05) is 36.8 Å². The Bertz CT molecular complexity index is 2850. The van der Waals surface area contributed by atoms with Crippen LogP contribution < -0.4 is 4.90 Å². The predicted octanol–water partition coefficient (Wildman–Crippen LogP) is 13.8. The first-order valence-corrected chi connectivity index (χ1v) is 17.3. The lowest BCUT2D eigenvalue weighted by molar-refractivity contribution is 1.31. The Kier molecular flexibility index (Phi) is 6.12. The zero-order chi connectivity index (χ0) is 31.6. The predicted molar refractivity (Wildman–Crippen MR) is 209 cm³/mol. The van der Waals surface area contributed by atoms with Gasteiger partial charge < -0.3 is 4.90 Å². The van der Waals surface area contributed by atoms with Crippen molar-refractivity contribution in [2.75, 3.05) is 4.90 Å². The highest BCUT2D eigenvalue weighted by Crippen LogP contribution is 2.48. The van der Waals surface area contributed by atoms with Gasteiger partial charge in [-0.15, -0.1) is 11.3 Å². The topological polar surface area (TPSA) is 3.24 Å². The fourth-order valence-corrected chi connectivity index (χ4v) is 8.76. The Balaban J connectivity index is 1.33. The van der Waals surface area contributed by atoms with E-state index in [0.29, 0.717) is 0 Å². The third kappa shape index (κ3) is 4.17. The second-order valence-corrected chi connectivity index (χ2v) is 13.6. The van der Waals surface area contributed by atoms with Crippen molar-refractivity contribution in [3.8, 4) is 11.1 Å². The van der Waals surface area contributed by atoms with Crippen molar-refractivity contribution < 1.29 is 0 Å². The van der Waals surface area contributed by atoms with Crippen LogP contribution in [0.2, 0.25) is 0 Å². The molecule has 9 aromatic carbocycles. The van der Waals surface area contributed by atoms with Gasteiger partial charge in [0.05, 0.1) is 11.4 Å². The van der Waals surface area contributed by atoms with Gasteiger partial charge in [0.15, 0.2) is 0 Å². The number of nitrogens with zero attached hydrogens (tertiary/aromatic N) is 1. The van der Waals surface area contributed by atoms with E-state index in [2.05, 4.69) is 181 Å². The van der Waals surface area contributed by atoms with Crippen LogP contribution >= 0.6 is 11.3 Å². The van der Waals surface area contributed by atoms with Gasteiger partial charge in [-0.25, -0.2) is 0 Å². The van der Waals surface area contributed by atoms with Crippen LogP contribution in [0.15, 0.2) is 176 Å². The third-order valence-corrected chi connectivity index (χ3v) is 10.9. The first-order valence-electron chi connectivity index (χ1n) is 16.4. The molecule has 0 spiro atoms. The Morgan fingerprint density at radius 2 is 0.958 bits per heavy atom. The fourth-order valence-electron chi connectivity index (χ4n) is 7.66. The number of fused-ring (bicyclic) bond motifs is 10. The number of hydrogen-bond acceptors (Lipinski definition) is 2. The van der Waals surface area contributed by atoms with Gasteiger partial charge in [-0.05, 0) is 79.7 Å². The zero-order valence-corrected chi connectivity index (χ0v) is 26.9. The molecule has 10 aromatic rings. The van der Waals surface area contributed by atoms with E-state index >= 15 is 0 Å². The molecule has 48 heavy (non-hydrogen) atoms. The molecular formula is C46H29NS. The van der Waals surface area contributed by atoms with E-state index in [9.17, 15) is 0 Å². The van der Waals surface area contributed by atoms with Crippen molar-refractivity contribution in [1.82, 2.24) is 0 Å². The van der Waals surface area contributed by atoms with E-state index in [1.54, 1.807) is 0 Å². The maximum atomic E-state index is 2.49. The second-order valence-electron chi connectivity index (χ2n) is 12.5. The molecule has 0 radical (unpaired) electrons. The molecule has 0 saturated carbocycles. The maximum Gasteiger partial charge on any atom is 0.0546 e. The van der Waals surface area contributed by atoms with Gasteiger partial charge in [0.2, 0.25) is 0 Å². The summed E-state index contributed by atoms with van der Waals surface area (Å²) in [6, 6.07) is 64.6. The summed E-state index contributed by atoms with van der Waals surface area (Å²) in [5.74, 6) is 0. The maximum absolute atomic E-state index is 2.49. The quantitative estimate of drug-likeness (QED) is 0.176. The summed E-state index contributed by atoms with van der Waals surface area (Å²) in [4.78, 5) is 2.49. The standard InChI is InChI=1S/C46H29NS/c1-2-12-30(13-3-1)35-16-10-11-21-41(35)47(34-25-27-43-40(29-34)46-37-18-7-5-15-32(37)24-26-44(46)48-43)42-28-33-23-22-31-14-4-6-17-36(31)45(33)39-20-9-8-19-38(39)42/h1-29H. The number of anilines is 3. The van der Waals surface area contributed by atoms with E-state index in [-0.39, 0.29) is 0 Å². The lowest BCUT2D eigenvalue weighted by atomic mass is 9.94. The van der Waals surface area contributed by atoms with Crippen LogP contribution in [0.5, 0.6) is 0 Å². The monoisotopic (exact) mass is 627 g/mol. The van der Waals surface area contributed by atoms with Crippen molar-refractivity contribution >= 4 is 91.7 Å². The average molecular weight is 628 g/mol. The minimum atomic E-state index is 1.14. The van der Waals surface area contributed by atoms with Crippen LogP contribution in [0, 0.1) is 0 Å². The number of hydrogen-bond donors (Lipinski definition) is 0. The van der Waals surface area contributed by atoms with E-state index < -0.39 is 0 Å². The van der Waals surface area contributed by atoms with Crippen LogP contribution in [-0.4, -0.2) is 0 Å². The number of thiophene rings is 1. The molecule has 0 fully saturated rings. The molecule has 1 heterocycles. The van der Waals surface area contributed by atoms with Crippen molar-refractivity contribution in [3.63, 3.8) is 0 Å². The average Bonchev–Trinajstić information content (AvgIpc) is 3.54. The minimum absolute atomic E-state index is 1.14. The van der Waals surface area contributed by atoms with Gasteiger partial charge in [-0.1, -0.05) is 140 Å². The van der Waals surface area contributed by atoms with Crippen LogP contribution in [0.3, 0.4) is 0 Å². The van der Waals surface area contributed by atoms with Crippen molar-refractivity contribution in [2.24, 2.45) is 0 Å². The highest BCUT2D eigenvalue weighted by atomic mass is 32.1. The largest absolute Gasteiger partial charge is 0.309 e. The SMILES string of the molecule is c1ccc(-c2ccccc2N(c2ccc3sc4ccc5ccccc5c4c3c2)c2cc3ccc4ccccc4c3c3ccccc23)cc1. The van der Waals surface area contributed by atoms with Gasteiger partial charge in [0.1, 0.15) is 0 Å². The lowest BCUT2D eigenvalue weighted by Crippen LogP contribution is -2.12. The van der Waals surface area contributed by atoms with Crippen LogP contribution in [0.4, 0.5) is 17.1 Å². The molecule has 1 nitrogen and oxygen atoms in total. The molecule has 224 valence electrons. The Morgan fingerprint density at radius 1 is 0.354 bits per heavy atom. The first kappa shape index (κ1) is 27.2. The molecule has 0 saturated heterocycles. The molecule has 0 aliphatic rings. The van der Waals surface area contributed by atoms with Gasteiger partial charge in [0.25, 0.3) is 0 Å². The molecule has 10 rings (SSSR count). The second kappa shape index (κ2) is 10.8. The van der Waals surface area contributed by atoms with Crippen LogP contribution in [0.1, 0.15) is 0 Å². The van der Waals surface area contributed by atoms with Crippen molar-refractivity contribution in [2.45, 2.75) is 0 Å². The fraction of sp³-hybridized carbons (Fsp3) is 0. The molecule has 2 heteroatoms. The molecule has 0 aliphatic carbocycles. The molecule has 1 aromatic heterocycles. The van der Waals surface area contributed by atoms with Crippen molar-refractivity contribution in [1.29, 1.82) is 0 Å². The van der Waals surface area contributed by atoms with E-state index in [4.69, 9.17) is 0 Å². The third-order valence-electron chi connectivity index (χ3n) is 9.80. The van der Waals surface area contributed by atoms with Gasteiger partial charge >= 0.3 is 0 Å². The van der Waals surface area contributed by atoms with Gasteiger partial charge in [-0.2, -0.15) is 0 Å². The number of para-hydroxylation sites is 1. The summed E-state index contributed by atoms with van der Waals surface area (Å²) in [5, 5.41) is 12.8. The zero-order valence-electron chi connectivity index (χ0n) is 26.1. The minimum Gasteiger partial charge on any atom is -0.309 e. The summed E-state index contributed by atoms with van der Waals surface area (Å²) < 4.78 is 2.62. The summed E-state index contributed by atoms with van der Waals surface area (Å²) >= 11 is 1.88. The molecule has 0 aliphatic heterocycles. The highest BCUT2D eigenvalue weighted by molar-refractivity contribution is 7.26. The molecule has 0 amide bonds. The van der Waals surface area contributed by atoms with E-state index in [1.165, 1.54) is 80.1 Å². The first-order chi connectivity index (χ1) is 23.8. The molecule has 0 N–H and O–H groups in total. The molecule has 0 unspecified atom stereocenters. The molecule has 0 bridgehead atoms. The van der Waals surface area contributed by atoms with E-state index in [1.807, 2.05) is 11.3 Å². The Morgan fingerprint density at radius 3 is 1.77 bits per heavy atom. The van der Waals surface area contributed by atoms with Gasteiger partial charge in [-0.3, -0.25) is 0 Å². The number of rotatable bonds is 4.